The molecule has 0 saturated heterocycles. The van der Waals surface area contributed by atoms with E-state index in [1.54, 1.807) is 0 Å². The lowest BCUT2D eigenvalue weighted by Crippen LogP contribution is -2.19. The first-order valence-electron chi connectivity index (χ1n) is 4.68. The van der Waals surface area contributed by atoms with Gasteiger partial charge in [0, 0.05) is 12.0 Å². The SMILES string of the molecule is FC(F)(F)COc1cc(Cl)nc(C2CC2)n1. The van der Waals surface area contributed by atoms with Gasteiger partial charge in [0.05, 0.1) is 0 Å². The second kappa shape index (κ2) is 4.08. The average molecular weight is 253 g/mol. The standard InChI is InChI=1S/C9H8ClF3N2O/c10-6-3-7(16-4-9(11,12)13)15-8(14-6)5-1-2-5/h3,5H,1-2,4H2. The maximum absolute atomic E-state index is 11.9. The zero-order chi connectivity index (χ0) is 11.8. The van der Waals surface area contributed by atoms with E-state index in [9.17, 15) is 13.2 Å². The minimum atomic E-state index is -4.38. The highest BCUT2D eigenvalue weighted by molar-refractivity contribution is 6.29. The molecule has 1 aromatic heterocycles. The van der Waals surface area contributed by atoms with E-state index >= 15 is 0 Å². The number of nitrogens with zero attached hydrogens (tertiary/aromatic N) is 2. The molecular weight excluding hydrogens is 245 g/mol. The Hall–Kier alpha value is -1.04. The van der Waals surface area contributed by atoms with Crippen LogP contribution in [0.25, 0.3) is 0 Å². The normalized spacial score (nSPS) is 16.2. The Morgan fingerprint density at radius 2 is 2.06 bits per heavy atom. The van der Waals surface area contributed by atoms with Gasteiger partial charge < -0.3 is 4.74 Å². The van der Waals surface area contributed by atoms with Gasteiger partial charge in [-0.15, -0.1) is 0 Å². The van der Waals surface area contributed by atoms with Gasteiger partial charge in [0.1, 0.15) is 11.0 Å². The molecule has 1 aromatic rings. The summed E-state index contributed by atoms with van der Waals surface area (Å²) in [6, 6.07) is 1.18. The van der Waals surface area contributed by atoms with Gasteiger partial charge >= 0.3 is 6.18 Å². The van der Waals surface area contributed by atoms with E-state index in [0.717, 1.165) is 12.8 Å². The first kappa shape index (κ1) is 11.4. The van der Waals surface area contributed by atoms with Gasteiger partial charge in [0.15, 0.2) is 6.61 Å². The number of aromatic nitrogens is 2. The second-order valence-corrected chi connectivity index (χ2v) is 3.95. The molecule has 1 aliphatic carbocycles. The molecule has 0 aliphatic heterocycles. The average Bonchev–Trinajstić information content (AvgIpc) is 2.95. The predicted molar refractivity (Wildman–Crippen MR) is 50.6 cm³/mol. The van der Waals surface area contributed by atoms with Crippen LogP contribution in [-0.2, 0) is 0 Å². The molecule has 0 aromatic carbocycles. The third-order valence-corrected chi connectivity index (χ3v) is 2.21. The summed E-state index contributed by atoms with van der Waals surface area (Å²) in [5.74, 6) is 0.552. The molecule has 0 atom stereocenters. The topological polar surface area (TPSA) is 35.0 Å². The van der Waals surface area contributed by atoms with Gasteiger partial charge in [0.2, 0.25) is 5.88 Å². The summed E-state index contributed by atoms with van der Waals surface area (Å²) in [4.78, 5) is 7.81. The summed E-state index contributed by atoms with van der Waals surface area (Å²) in [7, 11) is 0. The van der Waals surface area contributed by atoms with Crippen molar-refractivity contribution in [3.05, 3.63) is 17.0 Å². The monoisotopic (exact) mass is 252 g/mol. The molecule has 16 heavy (non-hydrogen) atoms. The van der Waals surface area contributed by atoms with Crippen LogP contribution < -0.4 is 4.74 Å². The van der Waals surface area contributed by atoms with Crippen molar-refractivity contribution in [3.63, 3.8) is 0 Å². The van der Waals surface area contributed by atoms with Crippen molar-refractivity contribution in [1.29, 1.82) is 0 Å². The van der Waals surface area contributed by atoms with E-state index in [1.807, 2.05) is 0 Å². The minimum absolute atomic E-state index is 0.106. The first-order valence-corrected chi connectivity index (χ1v) is 5.06. The Balaban J connectivity index is 2.08. The van der Waals surface area contributed by atoms with E-state index in [-0.39, 0.29) is 17.0 Å². The van der Waals surface area contributed by atoms with Crippen molar-refractivity contribution in [3.8, 4) is 5.88 Å². The summed E-state index contributed by atoms with van der Waals surface area (Å²) >= 11 is 5.66. The van der Waals surface area contributed by atoms with Gasteiger partial charge in [-0.1, -0.05) is 11.6 Å². The highest BCUT2D eigenvalue weighted by Crippen LogP contribution is 2.39. The van der Waals surface area contributed by atoms with Crippen molar-refractivity contribution < 1.29 is 17.9 Å². The van der Waals surface area contributed by atoms with Crippen molar-refractivity contribution in [2.75, 3.05) is 6.61 Å². The van der Waals surface area contributed by atoms with Gasteiger partial charge in [-0.05, 0) is 12.8 Å². The Kier molecular flexibility index (Phi) is 2.92. The molecule has 2 rings (SSSR count). The molecule has 0 radical (unpaired) electrons. The number of rotatable bonds is 3. The van der Waals surface area contributed by atoms with Gasteiger partial charge in [-0.2, -0.15) is 18.2 Å². The molecule has 0 amide bonds. The first-order chi connectivity index (χ1) is 7.44. The van der Waals surface area contributed by atoms with Crippen LogP contribution in [0, 0.1) is 0 Å². The number of hydrogen-bond donors (Lipinski definition) is 0. The molecule has 3 nitrogen and oxygen atoms in total. The van der Waals surface area contributed by atoms with Gasteiger partial charge in [-0.3, -0.25) is 0 Å². The molecule has 1 saturated carbocycles. The third-order valence-electron chi connectivity index (χ3n) is 2.01. The van der Waals surface area contributed by atoms with Crippen LogP contribution in [0.15, 0.2) is 6.07 Å². The fraction of sp³-hybridized carbons (Fsp3) is 0.556. The lowest BCUT2D eigenvalue weighted by molar-refractivity contribution is -0.154. The van der Waals surface area contributed by atoms with Crippen molar-refractivity contribution in [1.82, 2.24) is 9.97 Å². The summed E-state index contributed by atoms with van der Waals surface area (Å²) in [6.07, 6.45) is -2.49. The fourth-order valence-corrected chi connectivity index (χ4v) is 1.35. The van der Waals surface area contributed by atoms with Crippen molar-refractivity contribution in [2.45, 2.75) is 24.9 Å². The molecule has 0 unspecified atom stereocenters. The maximum atomic E-state index is 11.9. The van der Waals surface area contributed by atoms with Crippen LogP contribution in [0.5, 0.6) is 5.88 Å². The summed E-state index contributed by atoms with van der Waals surface area (Å²) in [5, 5.41) is 0.106. The predicted octanol–water partition coefficient (Wildman–Crippen LogP) is 2.95. The number of ether oxygens (including phenoxy) is 1. The quantitative estimate of drug-likeness (QED) is 0.776. The summed E-state index contributed by atoms with van der Waals surface area (Å²) < 4.78 is 40.2. The van der Waals surface area contributed by atoms with Crippen LogP contribution in [0.3, 0.4) is 0 Å². The Morgan fingerprint density at radius 1 is 1.38 bits per heavy atom. The van der Waals surface area contributed by atoms with E-state index < -0.39 is 12.8 Å². The van der Waals surface area contributed by atoms with E-state index in [2.05, 4.69) is 14.7 Å². The lowest BCUT2D eigenvalue weighted by atomic mass is 10.4. The Labute approximate surface area is 94.6 Å². The van der Waals surface area contributed by atoms with Crippen LogP contribution in [0.4, 0.5) is 13.2 Å². The number of halogens is 4. The second-order valence-electron chi connectivity index (χ2n) is 3.57. The molecule has 0 spiro atoms. The molecule has 0 N–H and O–H groups in total. The van der Waals surface area contributed by atoms with E-state index in [4.69, 9.17) is 11.6 Å². The zero-order valence-electron chi connectivity index (χ0n) is 8.09. The number of hydrogen-bond acceptors (Lipinski definition) is 3. The maximum Gasteiger partial charge on any atom is 0.422 e. The highest BCUT2D eigenvalue weighted by atomic mass is 35.5. The molecule has 7 heteroatoms. The van der Waals surface area contributed by atoms with Crippen molar-refractivity contribution in [2.24, 2.45) is 0 Å². The van der Waals surface area contributed by atoms with Crippen LogP contribution in [-0.4, -0.2) is 22.8 Å². The Morgan fingerprint density at radius 3 is 2.62 bits per heavy atom. The third kappa shape index (κ3) is 3.23. The molecular formula is C9H8ClF3N2O. The molecule has 1 heterocycles. The molecule has 1 aliphatic rings. The lowest BCUT2D eigenvalue weighted by Gasteiger charge is -2.09. The Bertz CT molecular complexity index is 393. The van der Waals surface area contributed by atoms with Crippen molar-refractivity contribution >= 4 is 11.6 Å². The molecule has 0 bridgehead atoms. The molecule has 1 fully saturated rings. The van der Waals surface area contributed by atoms with Gasteiger partial charge in [-0.25, -0.2) is 4.98 Å². The minimum Gasteiger partial charge on any atom is -0.468 e. The van der Waals surface area contributed by atoms with E-state index in [1.165, 1.54) is 6.07 Å². The molecule has 88 valence electrons. The largest absolute Gasteiger partial charge is 0.468 e. The zero-order valence-corrected chi connectivity index (χ0v) is 8.85. The number of alkyl halides is 3. The fourth-order valence-electron chi connectivity index (χ4n) is 1.17. The van der Waals surface area contributed by atoms with Crippen LogP contribution in [0.2, 0.25) is 5.15 Å². The van der Waals surface area contributed by atoms with E-state index in [0.29, 0.717) is 5.82 Å². The van der Waals surface area contributed by atoms with Gasteiger partial charge in [0.25, 0.3) is 0 Å². The highest BCUT2D eigenvalue weighted by Gasteiger charge is 2.30. The van der Waals surface area contributed by atoms with Crippen LogP contribution in [0.1, 0.15) is 24.6 Å². The van der Waals surface area contributed by atoms with Crippen LogP contribution >= 0.6 is 11.6 Å². The summed E-state index contributed by atoms with van der Waals surface area (Å²) in [6.45, 7) is -1.37. The summed E-state index contributed by atoms with van der Waals surface area (Å²) in [5.41, 5.74) is 0. The smallest absolute Gasteiger partial charge is 0.422 e.